The normalized spacial score (nSPS) is 10.3. The average molecular weight is 309 g/mol. The van der Waals surface area contributed by atoms with E-state index in [9.17, 15) is 9.59 Å². The summed E-state index contributed by atoms with van der Waals surface area (Å²) in [5, 5.41) is 9.64. The van der Waals surface area contributed by atoms with E-state index in [1.54, 1.807) is 12.1 Å². The molecule has 0 fully saturated rings. The summed E-state index contributed by atoms with van der Waals surface area (Å²) in [6, 6.07) is 9.00. The van der Waals surface area contributed by atoms with Crippen LogP contribution in [-0.2, 0) is 0 Å². The average Bonchev–Trinajstić information content (AvgIpc) is 2.35. The van der Waals surface area contributed by atoms with Crippen molar-refractivity contribution in [3.63, 3.8) is 0 Å². The van der Waals surface area contributed by atoms with Crippen molar-refractivity contribution in [2.75, 3.05) is 0 Å². The van der Waals surface area contributed by atoms with Crippen LogP contribution < -0.4 is 0 Å². The molecule has 0 aliphatic heterocycles. The Bertz CT molecular complexity index is 688. The molecule has 0 amide bonds. The van der Waals surface area contributed by atoms with Crippen molar-refractivity contribution in [3.05, 3.63) is 68.7 Å². The van der Waals surface area contributed by atoms with Gasteiger partial charge in [-0.2, -0.15) is 0 Å². The zero-order valence-corrected chi connectivity index (χ0v) is 12.0. The Morgan fingerprint density at radius 3 is 1.90 bits per heavy atom. The van der Waals surface area contributed by atoms with Crippen LogP contribution in [0.3, 0.4) is 0 Å². The lowest BCUT2D eigenvalue weighted by Gasteiger charge is -2.05. The third kappa shape index (κ3) is 3.18. The fourth-order valence-corrected chi connectivity index (χ4v) is 2.40. The van der Waals surface area contributed by atoms with E-state index >= 15 is 0 Å². The summed E-state index contributed by atoms with van der Waals surface area (Å²) in [5.74, 6) is -1.45. The lowest BCUT2D eigenvalue weighted by atomic mass is 10.00. The second kappa shape index (κ2) is 5.65. The minimum atomic E-state index is -1.14. The molecule has 3 nitrogen and oxygen atoms in total. The maximum absolute atomic E-state index is 12.4. The Morgan fingerprint density at radius 2 is 1.35 bits per heavy atom. The summed E-state index contributed by atoms with van der Waals surface area (Å²) >= 11 is 11.8. The van der Waals surface area contributed by atoms with Gasteiger partial charge in [-0.25, -0.2) is 4.79 Å². The Balaban J connectivity index is 2.50. The van der Waals surface area contributed by atoms with E-state index in [0.29, 0.717) is 10.6 Å². The Hall–Kier alpha value is -1.84. The third-order valence-electron chi connectivity index (χ3n) is 2.71. The highest BCUT2D eigenvalue weighted by atomic mass is 35.5. The molecule has 0 radical (unpaired) electrons. The largest absolute Gasteiger partial charge is 0.478 e. The van der Waals surface area contributed by atoms with Crippen LogP contribution in [-0.4, -0.2) is 16.9 Å². The zero-order chi connectivity index (χ0) is 14.9. The molecule has 0 spiro atoms. The highest BCUT2D eigenvalue weighted by molar-refractivity contribution is 6.32. The number of benzene rings is 2. The Morgan fingerprint density at radius 1 is 0.850 bits per heavy atom. The second-order valence-electron chi connectivity index (χ2n) is 4.38. The molecule has 1 N–H and O–H groups in total. The first-order valence-electron chi connectivity index (χ1n) is 5.72. The first-order chi connectivity index (χ1) is 9.36. The van der Waals surface area contributed by atoms with Crippen molar-refractivity contribution in [1.82, 2.24) is 0 Å². The number of carboxylic acid groups (broad SMARTS) is 1. The summed E-state index contributed by atoms with van der Waals surface area (Å²) in [6.07, 6.45) is 0. The molecule has 0 aliphatic rings. The van der Waals surface area contributed by atoms with Gasteiger partial charge >= 0.3 is 5.97 Å². The molecule has 2 rings (SSSR count). The monoisotopic (exact) mass is 308 g/mol. The number of halogens is 2. The number of ketones is 1. The van der Waals surface area contributed by atoms with Crippen molar-refractivity contribution >= 4 is 35.0 Å². The van der Waals surface area contributed by atoms with E-state index in [4.69, 9.17) is 28.3 Å². The fourth-order valence-electron chi connectivity index (χ4n) is 1.88. The van der Waals surface area contributed by atoms with Gasteiger partial charge in [-0.3, -0.25) is 4.79 Å². The molecular formula is C15H10Cl2O3. The van der Waals surface area contributed by atoms with Gasteiger partial charge in [-0.15, -0.1) is 0 Å². The molecule has 0 aromatic heterocycles. The molecule has 0 aliphatic carbocycles. The quantitative estimate of drug-likeness (QED) is 0.863. The molecule has 0 saturated carbocycles. The lowest BCUT2D eigenvalue weighted by molar-refractivity contribution is 0.0697. The third-order valence-corrected chi connectivity index (χ3v) is 3.15. The minimum absolute atomic E-state index is 0.0281. The number of carboxylic acids is 1. The van der Waals surface area contributed by atoms with Crippen LogP contribution in [0.2, 0.25) is 10.0 Å². The van der Waals surface area contributed by atoms with Gasteiger partial charge in [0.2, 0.25) is 0 Å². The van der Waals surface area contributed by atoms with Crippen LogP contribution in [0.5, 0.6) is 0 Å². The molecule has 0 bridgehead atoms. The van der Waals surface area contributed by atoms with Crippen molar-refractivity contribution in [3.8, 4) is 0 Å². The van der Waals surface area contributed by atoms with Crippen molar-refractivity contribution < 1.29 is 14.7 Å². The molecule has 102 valence electrons. The Kier molecular flexibility index (Phi) is 4.12. The number of aromatic carboxylic acids is 1. The molecule has 0 unspecified atom stereocenters. The molecule has 0 heterocycles. The predicted octanol–water partition coefficient (Wildman–Crippen LogP) is 4.23. The van der Waals surface area contributed by atoms with Gasteiger partial charge in [-0.05, 0) is 48.9 Å². The summed E-state index contributed by atoms with van der Waals surface area (Å²) in [5.41, 5.74) is 1.44. The van der Waals surface area contributed by atoms with Gasteiger partial charge in [-0.1, -0.05) is 23.2 Å². The predicted molar refractivity (Wildman–Crippen MR) is 78.0 cm³/mol. The number of hydrogen-bond acceptors (Lipinski definition) is 2. The lowest BCUT2D eigenvalue weighted by Crippen LogP contribution is -2.05. The van der Waals surface area contributed by atoms with E-state index in [1.807, 2.05) is 6.92 Å². The standard InChI is InChI=1S/C15H10Cl2O3/c1-8-2-9(5-12(16)3-8)14(18)10-4-11(15(19)20)7-13(17)6-10/h2-7H,1H3,(H,19,20). The van der Waals surface area contributed by atoms with Gasteiger partial charge in [0.25, 0.3) is 0 Å². The van der Waals surface area contributed by atoms with Crippen LogP contribution in [0.25, 0.3) is 0 Å². The van der Waals surface area contributed by atoms with Gasteiger partial charge < -0.3 is 5.11 Å². The van der Waals surface area contributed by atoms with Crippen LogP contribution in [0.15, 0.2) is 36.4 Å². The molecule has 2 aromatic rings. The smallest absolute Gasteiger partial charge is 0.335 e. The van der Waals surface area contributed by atoms with Crippen molar-refractivity contribution in [2.45, 2.75) is 6.92 Å². The molecule has 0 atom stereocenters. The summed E-state index contributed by atoms with van der Waals surface area (Å²) in [7, 11) is 0. The number of hydrogen-bond donors (Lipinski definition) is 1. The van der Waals surface area contributed by atoms with E-state index in [1.165, 1.54) is 24.3 Å². The van der Waals surface area contributed by atoms with Crippen LogP contribution in [0.4, 0.5) is 0 Å². The SMILES string of the molecule is Cc1cc(Cl)cc(C(=O)c2cc(Cl)cc(C(=O)O)c2)c1. The first kappa shape index (κ1) is 14.6. The van der Waals surface area contributed by atoms with Crippen LogP contribution >= 0.6 is 23.2 Å². The first-order valence-corrected chi connectivity index (χ1v) is 6.48. The van der Waals surface area contributed by atoms with Gasteiger partial charge in [0.05, 0.1) is 5.56 Å². The van der Waals surface area contributed by atoms with Crippen molar-refractivity contribution in [1.29, 1.82) is 0 Å². The van der Waals surface area contributed by atoms with E-state index in [0.717, 1.165) is 5.56 Å². The van der Waals surface area contributed by atoms with E-state index in [2.05, 4.69) is 0 Å². The van der Waals surface area contributed by atoms with Gasteiger partial charge in [0, 0.05) is 21.2 Å². The number of carbonyl (C=O) groups excluding carboxylic acids is 1. The summed E-state index contributed by atoms with van der Waals surface area (Å²) < 4.78 is 0. The maximum atomic E-state index is 12.4. The number of carbonyl (C=O) groups is 2. The minimum Gasteiger partial charge on any atom is -0.478 e. The summed E-state index contributed by atoms with van der Waals surface area (Å²) in [4.78, 5) is 23.3. The highest BCUT2D eigenvalue weighted by Crippen LogP contribution is 2.21. The Labute approximate surface area is 125 Å². The zero-order valence-electron chi connectivity index (χ0n) is 10.5. The van der Waals surface area contributed by atoms with E-state index < -0.39 is 5.97 Å². The molecular weight excluding hydrogens is 299 g/mol. The van der Waals surface area contributed by atoms with Crippen LogP contribution in [0, 0.1) is 6.92 Å². The molecule has 5 heteroatoms. The topological polar surface area (TPSA) is 54.4 Å². The van der Waals surface area contributed by atoms with Gasteiger partial charge in [0.15, 0.2) is 5.78 Å². The molecule has 2 aromatic carbocycles. The highest BCUT2D eigenvalue weighted by Gasteiger charge is 2.14. The van der Waals surface area contributed by atoms with E-state index in [-0.39, 0.29) is 21.9 Å². The van der Waals surface area contributed by atoms with Crippen molar-refractivity contribution in [2.24, 2.45) is 0 Å². The molecule has 20 heavy (non-hydrogen) atoms. The maximum Gasteiger partial charge on any atom is 0.335 e. The van der Waals surface area contributed by atoms with Crippen LogP contribution in [0.1, 0.15) is 31.8 Å². The molecule has 0 saturated heterocycles. The van der Waals surface area contributed by atoms with Gasteiger partial charge in [0.1, 0.15) is 0 Å². The summed E-state index contributed by atoms with van der Waals surface area (Å²) in [6.45, 7) is 1.82. The number of aryl methyl sites for hydroxylation is 1. The fraction of sp³-hybridized carbons (Fsp3) is 0.0667. The number of rotatable bonds is 3. The second-order valence-corrected chi connectivity index (χ2v) is 5.25.